The molecule has 0 aromatic heterocycles. The molecule has 1 aromatic rings. The second-order valence-electron chi connectivity index (χ2n) is 9.48. The number of ether oxygens (including phenoxy) is 2. The number of nitrogens with zero attached hydrogens (tertiary/aromatic N) is 2. The third kappa shape index (κ3) is 6.71. The molecule has 0 saturated carbocycles. The van der Waals surface area contributed by atoms with Crippen molar-refractivity contribution in [2.45, 2.75) is 58.7 Å². The number of carbonyl (C=O) groups is 3. The fraction of sp³-hybridized carbons (Fsp3) is 0.625. The fourth-order valence-corrected chi connectivity index (χ4v) is 4.15. The molecule has 2 unspecified atom stereocenters. The van der Waals surface area contributed by atoms with E-state index in [1.54, 1.807) is 9.80 Å². The Bertz CT molecular complexity index is 774. The van der Waals surface area contributed by atoms with Gasteiger partial charge in [-0.25, -0.2) is 4.79 Å². The lowest BCUT2D eigenvalue weighted by atomic mass is 9.93. The number of likely N-dealkylation sites (tertiary alicyclic amines) is 2. The van der Waals surface area contributed by atoms with Crippen LogP contribution in [0.2, 0.25) is 0 Å². The van der Waals surface area contributed by atoms with Crippen LogP contribution in [0.25, 0.3) is 0 Å². The SMILES string of the molecule is CC(C)(C)OC(=O)N1CCCC(C(=O)N2CCCC(C(=O)OCc3ccccc3)C2)C1. The Morgan fingerprint density at radius 3 is 2.23 bits per heavy atom. The van der Waals surface area contributed by atoms with Crippen LogP contribution in [0.4, 0.5) is 4.79 Å². The Balaban J connectivity index is 1.52. The lowest BCUT2D eigenvalue weighted by molar-refractivity contribution is -0.153. The minimum absolute atomic E-state index is 0.0221. The molecule has 170 valence electrons. The summed E-state index contributed by atoms with van der Waals surface area (Å²) in [6, 6.07) is 9.59. The molecule has 2 heterocycles. The molecule has 7 heteroatoms. The molecule has 0 spiro atoms. The normalized spacial score (nSPS) is 22.0. The maximum absolute atomic E-state index is 13.1. The highest BCUT2D eigenvalue weighted by molar-refractivity contribution is 5.81. The van der Waals surface area contributed by atoms with Crippen molar-refractivity contribution in [1.82, 2.24) is 9.80 Å². The largest absolute Gasteiger partial charge is 0.461 e. The van der Waals surface area contributed by atoms with Gasteiger partial charge in [0.25, 0.3) is 0 Å². The Kier molecular flexibility index (Phi) is 7.57. The number of hydrogen-bond acceptors (Lipinski definition) is 5. The molecule has 2 saturated heterocycles. The Hall–Kier alpha value is -2.57. The van der Waals surface area contributed by atoms with E-state index in [0.29, 0.717) is 26.2 Å². The van der Waals surface area contributed by atoms with Crippen molar-refractivity contribution in [1.29, 1.82) is 0 Å². The molecule has 2 aliphatic rings. The van der Waals surface area contributed by atoms with Crippen LogP contribution in [0.15, 0.2) is 30.3 Å². The molecule has 2 fully saturated rings. The van der Waals surface area contributed by atoms with E-state index in [1.165, 1.54) is 0 Å². The maximum Gasteiger partial charge on any atom is 0.410 e. The number of amides is 2. The zero-order valence-electron chi connectivity index (χ0n) is 18.8. The highest BCUT2D eigenvalue weighted by Gasteiger charge is 2.36. The van der Waals surface area contributed by atoms with E-state index in [0.717, 1.165) is 31.2 Å². The van der Waals surface area contributed by atoms with E-state index >= 15 is 0 Å². The van der Waals surface area contributed by atoms with E-state index < -0.39 is 5.60 Å². The van der Waals surface area contributed by atoms with Crippen molar-refractivity contribution in [3.05, 3.63) is 35.9 Å². The van der Waals surface area contributed by atoms with Crippen LogP contribution in [0.5, 0.6) is 0 Å². The summed E-state index contributed by atoms with van der Waals surface area (Å²) in [5.74, 6) is -0.776. The molecule has 1 aromatic carbocycles. The van der Waals surface area contributed by atoms with Crippen molar-refractivity contribution in [2.24, 2.45) is 11.8 Å². The van der Waals surface area contributed by atoms with Gasteiger partial charge in [-0.1, -0.05) is 30.3 Å². The molecule has 3 rings (SSSR count). The quantitative estimate of drug-likeness (QED) is 0.682. The van der Waals surface area contributed by atoms with Gasteiger partial charge in [0, 0.05) is 26.2 Å². The van der Waals surface area contributed by atoms with Crippen molar-refractivity contribution in [2.75, 3.05) is 26.2 Å². The smallest absolute Gasteiger partial charge is 0.410 e. The van der Waals surface area contributed by atoms with Gasteiger partial charge in [-0.3, -0.25) is 9.59 Å². The summed E-state index contributed by atoms with van der Waals surface area (Å²) in [5, 5.41) is 0. The van der Waals surface area contributed by atoms with Gasteiger partial charge in [0.2, 0.25) is 5.91 Å². The second kappa shape index (κ2) is 10.2. The summed E-state index contributed by atoms with van der Waals surface area (Å²) >= 11 is 0. The van der Waals surface area contributed by atoms with Crippen LogP contribution in [0.1, 0.15) is 52.0 Å². The Labute approximate surface area is 184 Å². The first-order valence-electron chi connectivity index (χ1n) is 11.2. The molecule has 7 nitrogen and oxygen atoms in total. The lowest BCUT2D eigenvalue weighted by Gasteiger charge is -2.38. The van der Waals surface area contributed by atoms with Gasteiger partial charge in [0.15, 0.2) is 0 Å². The van der Waals surface area contributed by atoms with E-state index in [9.17, 15) is 14.4 Å². The third-order valence-electron chi connectivity index (χ3n) is 5.71. The van der Waals surface area contributed by atoms with E-state index in [2.05, 4.69) is 0 Å². The number of hydrogen-bond donors (Lipinski definition) is 0. The average Bonchev–Trinajstić information content (AvgIpc) is 2.76. The average molecular weight is 431 g/mol. The number of carbonyl (C=O) groups excluding carboxylic acids is 3. The van der Waals surface area contributed by atoms with Crippen LogP contribution in [-0.4, -0.2) is 59.5 Å². The van der Waals surface area contributed by atoms with Crippen LogP contribution < -0.4 is 0 Å². The predicted molar refractivity (Wildman–Crippen MR) is 116 cm³/mol. The molecule has 0 aliphatic carbocycles. The summed E-state index contributed by atoms with van der Waals surface area (Å²) in [7, 11) is 0. The zero-order chi connectivity index (χ0) is 22.4. The van der Waals surface area contributed by atoms with Gasteiger partial charge in [-0.15, -0.1) is 0 Å². The summed E-state index contributed by atoms with van der Waals surface area (Å²) in [6.45, 7) is 7.75. The fourth-order valence-electron chi connectivity index (χ4n) is 4.15. The topological polar surface area (TPSA) is 76.2 Å². The van der Waals surface area contributed by atoms with Gasteiger partial charge >= 0.3 is 12.1 Å². The van der Waals surface area contributed by atoms with Crippen LogP contribution in [-0.2, 0) is 25.7 Å². The Morgan fingerprint density at radius 2 is 1.55 bits per heavy atom. The number of esters is 1. The maximum atomic E-state index is 13.1. The summed E-state index contributed by atoms with van der Waals surface area (Å²) in [4.78, 5) is 41.5. The van der Waals surface area contributed by atoms with Crippen LogP contribution in [0.3, 0.4) is 0 Å². The minimum atomic E-state index is -0.561. The third-order valence-corrected chi connectivity index (χ3v) is 5.71. The van der Waals surface area contributed by atoms with Crippen LogP contribution in [0, 0.1) is 11.8 Å². The molecule has 0 radical (unpaired) electrons. The summed E-state index contributed by atoms with van der Waals surface area (Å²) in [6.07, 6.45) is 2.65. The van der Waals surface area contributed by atoms with Gasteiger partial charge in [0.05, 0.1) is 11.8 Å². The van der Waals surface area contributed by atoms with Gasteiger partial charge < -0.3 is 19.3 Å². The number of benzene rings is 1. The van der Waals surface area contributed by atoms with E-state index in [4.69, 9.17) is 9.47 Å². The molecule has 0 N–H and O–H groups in total. The summed E-state index contributed by atoms with van der Waals surface area (Å²) in [5.41, 5.74) is 0.387. The molecular weight excluding hydrogens is 396 g/mol. The number of rotatable bonds is 4. The lowest BCUT2D eigenvalue weighted by Crippen LogP contribution is -2.50. The van der Waals surface area contributed by atoms with Crippen molar-refractivity contribution >= 4 is 18.0 Å². The predicted octanol–water partition coefficient (Wildman–Crippen LogP) is 3.62. The monoisotopic (exact) mass is 430 g/mol. The molecule has 0 bridgehead atoms. The highest BCUT2D eigenvalue weighted by atomic mass is 16.6. The van der Waals surface area contributed by atoms with Gasteiger partial charge in [0.1, 0.15) is 12.2 Å². The molecule has 2 amide bonds. The summed E-state index contributed by atoms with van der Waals surface area (Å²) < 4.78 is 11.0. The zero-order valence-corrected chi connectivity index (χ0v) is 18.8. The molecule has 2 atom stereocenters. The van der Waals surface area contributed by atoms with E-state index in [1.807, 2.05) is 51.1 Å². The first kappa shape index (κ1) is 23.1. The minimum Gasteiger partial charge on any atom is -0.461 e. The molecule has 31 heavy (non-hydrogen) atoms. The number of piperidine rings is 2. The van der Waals surface area contributed by atoms with Crippen LogP contribution >= 0.6 is 0 Å². The highest BCUT2D eigenvalue weighted by Crippen LogP contribution is 2.25. The molecule has 2 aliphatic heterocycles. The second-order valence-corrected chi connectivity index (χ2v) is 9.48. The van der Waals surface area contributed by atoms with Gasteiger partial charge in [-0.05, 0) is 52.0 Å². The van der Waals surface area contributed by atoms with Gasteiger partial charge in [-0.2, -0.15) is 0 Å². The van der Waals surface area contributed by atoms with Crippen molar-refractivity contribution in [3.63, 3.8) is 0 Å². The first-order valence-corrected chi connectivity index (χ1v) is 11.2. The Morgan fingerprint density at radius 1 is 0.935 bits per heavy atom. The first-order chi connectivity index (χ1) is 14.7. The van der Waals surface area contributed by atoms with E-state index in [-0.39, 0.29) is 36.4 Å². The van der Waals surface area contributed by atoms with Crippen molar-refractivity contribution in [3.8, 4) is 0 Å². The van der Waals surface area contributed by atoms with Crippen molar-refractivity contribution < 1.29 is 23.9 Å². The molecular formula is C24H34N2O5. The standard InChI is InChI=1S/C24H34N2O5/c1-24(2,3)31-23(29)26-14-7-11-19(15-26)21(27)25-13-8-12-20(16-25)22(28)30-17-18-9-5-4-6-10-18/h4-6,9-10,19-20H,7-8,11-17H2,1-3H3.